The summed E-state index contributed by atoms with van der Waals surface area (Å²) in [7, 11) is 0. The van der Waals surface area contributed by atoms with Crippen LogP contribution in [0.15, 0.2) is 30.3 Å². The number of rotatable bonds is 6. The van der Waals surface area contributed by atoms with Crippen LogP contribution >= 0.6 is 0 Å². The molecular formula is C18H29N3O. The van der Waals surface area contributed by atoms with E-state index in [9.17, 15) is 4.79 Å². The molecule has 4 heteroatoms. The maximum atomic E-state index is 12.3. The highest BCUT2D eigenvalue weighted by molar-refractivity contribution is 5.81. The number of carbonyl (C=O) groups is 1. The summed E-state index contributed by atoms with van der Waals surface area (Å²) >= 11 is 0. The van der Waals surface area contributed by atoms with Crippen molar-refractivity contribution in [3.8, 4) is 0 Å². The summed E-state index contributed by atoms with van der Waals surface area (Å²) in [6.07, 6.45) is 2.36. The summed E-state index contributed by atoms with van der Waals surface area (Å²) in [5.74, 6) is 0.0570. The zero-order valence-electron chi connectivity index (χ0n) is 14.0. The molecule has 1 fully saturated rings. The third-order valence-corrected chi connectivity index (χ3v) is 4.43. The Balaban J connectivity index is 2.01. The van der Waals surface area contributed by atoms with E-state index in [0.717, 1.165) is 26.1 Å². The van der Waals surface area contributed by atoms with Crippen LogP contribution < -0.4 is 5.73 Å². The first-order valence-electron chi connectivity index (χ1n) is 8.33. The Kier molecular flexibility index (Phi) is 5.98. The smallest absolute Gasteiger partial charge is 0.239 e. The fraction of sp³-hybridized carbons (Fsp3) is 0.611. The lowest BCUT2D eigenvalue weighted by atomic mass is 10.1. The number of nitrogens with two attached hydrogens (primary N) is 1. The third-order valence-electron chi connectivity index (χ3n) is 4.43. The van der Waals surface area contributed by atoms with Gasteiger partial charge in [0.15, 0.2) is 0 Å². The molecule has 0 aromatic heterocycles. The van der Waals surface area contributed by atoms with Crippen molar-refractivity contribution in [1.29, 1.82) is 0 Å². The number of hydrogen-bond acceptors (Lipinski definition) is 3. The van der Waals surface area contributed by atoms with Gasteiger partial charge in [-0.1, -0.05) is 30.3 Å². The van der Waals surface area contributed by atoms with Gasteiger partial charge in [-0.25, -0.2) is 0 Å². The minimum Gasteiger partial charge on any atom is -0.337 e. The number of hydrogen-bond donors (Lipinski definition) is 1. The molecule has 1 aromatic carbocycles. The second-order valence-electron chi connectivity index (χ2n) is 6.63. The molecule has 2 N–H and O–H groups in total. The van der Waals surface area contributed by atoms with Gasteiger partial charge in [-0.2, -0.15) is 0 Å². The van der Waals surface area contributed by atoms with Crippen molar-refractivity contribution in [2.75, 3.05) is 13.1 Å². The minimum absolute atomic E-state index is 0.0570. The van der Waals surface area contributed by atoms with Crippen LogP contribution in [0.25, 0.3) is 0 Å². The molecule has 1 amide bonds. The minimum atomic E-state index is -0.425. The number of likely N-dealkylation sites (tertiary alicyclic amines) is 1. The molecule has 1 aliphatic rings. The topological polar surface area (TPSA) is 49.6 Å². The molecule has 0 radical (unpaired) electrons. The van der Waals surface area contributed by atoms with Gasteiger partial charge in [0.2, 0.25) is 5.91 Å². The lowest BCUT2D eigenvalue weighted by Gasteiger charge is -2.34. The zero-order chi connectivity index (χ0) is 16.1. The standard InChI is InChI=1S/C18H29N3O/c1-14(2)21(18(22)15(3)19)13-17-10-7-11-20(17)12-16-8-5-4-6-9-16/h4-6,8-9,14-15,17H,7,10-13,19H2,1-3H3/t15-,17+/m0/s1. The van der Waals surface area contributed by atoms with E-state index >= 15 is 0 Å². The molecule has 122 valence electrons. The molecule has 1 aliphatic heterocycles. The van der Waals surface area contributed by atoms with Gasteiger partial charge in [0, 0.05) is 25.2 Å². The van der Waals surface area contributed by atoms with Gasteiger partial charge in [0.05, 0.1) is 6.04 Å². The van der Waals surface area contributed by atoms with Gasteiger partial charge in [-0.05, 0) is 45.7 Å². The summed E-state index contributed by atoms with van der Waals surface area (Å²) in [6.45, 7) is 8.76. The predicted octanol–water partition coefficient (Wildman–Crippen LogP) is 2.24. The molecule has 1 saturated heterocycles. The molecule has 2 rings (SSSR count). The molecule has 22 heavy (non-hydrogen) atoms. The van der Waals surface area contributed by atoms with E-state index < -0.39 is 6.04 Å². The lowest BCUT2D eigenvalue weighted by molar-refractivity contribution is -0.134. The molecule has 1 aromatic rings. The molecule has 1 heterocycles. The summed E-state index contributed by atoms with van der Waals surface area (Å²) in [4.78, 5) is 16.8. The first-order valence-corrected chi connectivity index (χ1v) is 8.33. The van der Waals surface area contributed by atoms with Crippen molar-refractivity contribution in [2.45, 2.75) is 58.3 Å². The monoisotopic (exact) mass is 303 g/mol. The van der Waals surface area contributed by atoms with Crippen molar-refractivity contribution in [3.63, 3.8) is 0 Å². The van der Waals surface area contributed by atoms with Crippen LogP contribution in [0.5, 0.6) is 0 Å². The van der Waals surface area contributed by atoms with Crippen LogP contribution in [0.4, 0.5) is 0 Å². The first kappa shape index (κ1) is 17.0. The normalized spacial score (nSPS) is 20.3. The van der Waals surface area contributed by atoms with Crippen molar-refractivity contribution in [3.05, 3.63) is 35.9 Å². The Labute approximate surface area is 134 Å². The average Bonchev–Trinajstić information content (AvgIpc) is 2.91. The van der Waals surface area contributed by atoms with Gasteiger partial charge < -0.3 is 10.6 Å². The molecular weight excluding hydrogens is 274 g/mol. The fourth-order valence-electron chi connectivity index (χ4n) is 3.17. The van der Waals surface area contributed by atoms with Crippen molar-refractivity contribution < 1.29 is 4.79 Å². The van der Waals surface area contributed by atoms with Crippen LogP contribution in [0.3, 0.4) is 0 Å². The highest BCUT2D eigenvalue weighted by Gasteiger charge is 2.30. The molecule has 0 saturated carbocycles. The maximum Gasteiger partial charge on any atom is 0.239 e. The highest BCUT2D eigenvalue weighted by Crippen LogP contribution is 2.22. The Bertz CT molecular complexity index is 472. The average molecular weight is 303 g/mol. The van der Waals surface area contributed by atoms with Gasteiger partial charge >= 0.3 is 0 Å². The summed E-state index contributed by atoms with van der Waals surface area (Å²) < 4.78 is 0. The second kappa shape index (κ2) is 7.75. The number of carbonyl (C=O) groups excluding carboxylic acids is 1. The summed E-state index contributed by atoms with van der Waals surface area (Å²) in [5, 5.41) is 0. The predicted molar refractivity (Wildman–Crippen MR) is 90.4 cm³/mol. The molecule has 0 spiro atoms. The van der Waals surface area contributed by atoms with E-state index in [2.05, 4.69) is 43.0 Å². The second-order valence-corrected chi connectivity index (χ2v) is 6.63. The number of amides is 1. The van der Waals surface area contributed by atoms with E-state index in [1.165, 1.54) is 12.0 Å². The Morgan fingerprint density at radius 3 is 2.59 bits per heavy atom. The van der Waals surface area contributed by atoms with Crippen molar-refractivity contribution >= 4 is 5.91 Å². The molecule has 2 atom stereocenters. The van der Waals surface area contributed by atoms with Gasteiger partial charge in [0.1, 0.15) is 0 Å². The number of nitrogens with zero attached hydrogens (tertiary/aromatic N) is 2. The van der Waals surface area contributed by atoms with Crippen LogP contribution in [-0.4, -0.2) is 46.9 Å². The van der Waals surface area contributed by atoms with Gasteiger partial charge in [-0.3, -0.25) is 9.69 Å². The Morgan fingerprint density at radius 1 is 1.32 bits per heavy atom. The maximum absolute atomic E-state index is 12.3. The van der Waals surface area contributed by atoms with Crippen molar-refractivity contribution in [2.24, 2.45) is 5.73 Å². The van der Waals surface area contributed by atoms with E-state index in [4.69, 9.17) is 5.73 Å². The van der Waals surface area contributed by atoms with E-state index in [1.807, 2.05) is 11.0 Å². The third kappa shape index (κ3) is 4.31. The SMILES string of the molecule is CC(C)N(C[C@H]1CCCN1Cc1ccccc1)C(=O)[C@H](C)N. The number of benzene rings is 1. The van der Waals surface area contributed by atoms with E-state index in [1.54, 1.807) is 6.92 Å². The van der Waals surface area contributed by atoms with Gasteiger partial charge in [-0.15, -0.1) is 0 Å². The molecule has 0 bridgehead atoms. The first-order chi connectivity index (χ1) is 10.5. The molecule has 0 unspecified atom stereocenters. The van der Waals surface area contributed by atoms with E-state index in [0.29, 0.717) is 6.04 Å². The largest absolute Gasteiger partial charge is 0.337 e. The summed E-state index contributed by atoms with van der Waals surface area (Å²) in [6, 6.07) is 10.8. The van der Waals surface area contributed by atoms with Crippen LogP contribution in [0.1, 0.15) is 39.2 Å². The lowest BCUT2D eigenvalue weighted by Crippen LogP contribution is -2.50. The van der Waals surface area contributed by atoms with Crippen LogP contribution in [0.2, 0.25) is 0 Å². The molecule has 0 aliphatic carbocycles. The molecule has 4 nitrogen and oxygen atoms in total. The summed E-state index contributed by atoms with van der Waals surface area (Å²) in [5.41, 5.74) is 7.14. The van der Waals surface area contributed by atoms with Crippen molar-refractivity contribution in [1.82, 2.24) is 9.80 Å². The zero-order valence-corrected chi connectivity index (χ0v) is 14.0. The fourth-order valence-corrected chi connectivity index (χ4v) is 3.17. The Hall–Kier alpha value is -1.39. The van der Waals surface area contributed by atoms with Gasteiger partial charge in [0.25, 0.3) is 0 Å². The van der Waals surface area contributed by atoms with E-state index in [-0.39, 0.29) is 11.9 Å². The van der Waals surface area contributed by atoms with Crippen LogP contribution in [0, 0.1) is 0 Å². The Morgan fingerprint density at radius 2 is 2.00 bits per heavy atom. The highest BCUT2D eigenvalue weighted by atomic mass is 16.2. The van der Waals surface area contributed by atoms with Crippen LogP contribution in [-0.2, 0) is 11.3 Å². The quantitative estimate of drug-likeness (QED) is 0.877.